The van der Waals surface area contributed by atoms with Crippen LogP contribution in [0.25, 0.3) is 0 Å². The van der Waals surface area contributed by atoms with E-state index in [-0.39, 0.29) is 24.0 Å². The van der Waals surface area contributed by atoms with Gasteiger partial charge in [0.25, 0.3) is 11.8 Å². The van der Waals surface area contributed by atoms with Crippen molar-refractivity contribution in [2.75, 3.05) is 32.1 Å². The molecule has 4 rings (SSSR count). The van der Waals surface area contributed by atoms with Crippen LogP contribution >= 0.6 is 0 Å². The van der Waals surface area contributed by atoms with Crippen molar-refractivity contribution in [3.05, 3.63) is 65.6 Å². The van der Waals surface area contributed by atoms with Crippen LogP contribution in [0.5, 0.6) is 23.1 Å². The highest BCUT2D eigenvalue weighted by atomic mass is 16.5. The van der Waals surface area contributed by atoms with E-state index in [1.54, 1.807) is 23.1 Å². The van der Waals surface area contributed by atoms with Crippen molar-refractivity contribution < 1.29 is 23.8 Å². The third-order valence-electron chi connectivity index (χ3n) is 5.80. The van der Waals surface area contributed by atoms with Crippen molar-refractivity contribution in [2.45, 2.75) is 26.7 Å². The quantitative estimate of drug-likeness (QED) is 0.521. The molecule has 0 saturated carbocycles. The Kier molecular flexibility index (Phi) is 7.45. The zero-order valence-electron chi connectivity index (χ0n) is 20.0. The molecule has 35 heavy (non-hydrogen) atoms. The van der Waals surface area contributed by atoms with Gasteiger partial charge in [0.05, 0.1) is 7.11 Å². The largest absolute Gasteiger partial charge is 0.493 e. The number of carbonyl (C=O) groups excluding carboxylic acids is 2. The monoisotopic (exact) mass is 476 g/mol. The minimum atomic E-state index is -0.391. The highest BCUT2D eigenvalue weighted by Crippen LogP contribution is 2.35. The predicted octanol–water partition coefficient (Wildman–Crippen LogP) is 4.15. The molecule has 0 spiro atoms. The summed E-state index contributed by atoms with van der Waals surface area (Å²) in [6.07, 6.45) is 4.76. The Balaban J connectivity index is 1.49. The summed E-state index contributed by atoms with van der Waals surface area (Å²) in [6.45, 7) is 5.36. The molecule has 2 amide bonds. The maximum atomic E-state index is 13.0. The molecule has 9 heteroatoms. The number of aryl methyl sites for hydroxylation is 2. The molecule has 1 aromatic heterocycles. The van der Waals surface area contributed by atoms with Gasteiger partial charge in [-0.25, -0.2) is 9.97 Å². The molecule has 0 unspecified atom stereocenters. The zero-order chi connectivity index (χ0) is 24.8. The lowest BCUT2D eigenvalue weighted by molar-refractivity contribution is -0.132. The summed E-state index contributed by atoms with van der Waals surface area (Å²) in [5.74, 6) is 0.832. The Bertz CT molecular complexity index is 1200. The second-order valence-electron chi connectivity index (χ2n) is 8.25. The smallest absolute Gasteiger partial charge is 0.262 e. The number of nitrogens with zero attached hydrogens (tertiary/aromatic N) is 3. The van der Waals surface area contributed by atoms with Crippen LogP contribution in [0.15, 0.2) is 48.9 Å². The number of likely N-dealkylation sites (tertiary alicyclic amines) is 1. The van der Waals surface area contributed by atoms with Gasteiger partial charge in [0.1, 0.15) is 17.6 Å². The van der Waals surface area contributed by atoms with Gasteiger partial charge in [0.2, 0.25) is 5.88 Å². The van der Waals surface area contributed by atoms with Crippen LogP contribution in [0.2, 0.25) is 0 Å². The fourth-order valence-electron chi connectivity index (χ4n) is 3.88. The first-order valence-corrected chi connectivity index (χ1v) is 11.4. The molecule has 1 fully saturated rings. The normalized spacial score (nSPS) is 12.8. The van der Waals surface area contributed by atoms with Gasteiger partial charge in [-0.3, -0.25) is 9.59 Å². The molecule has 0 radical (unpaired) electrons. The molecule has 0 atom stereocenters. The van der Waals surface area contributed by atoms with E-state index in [9.17, 15) is 9.59 Å². The number of methoxy groups -OCH3 is 1. The van der Waals surface area contributed by atoms with Gasteiger partial charge in [-0.2, -0.15) is 0 Å². The first kappa shape index (κ1) is 24.0. The van der Waals surface area contributed by atoms with Gasteiger partial charge < -0.3 is 24.4 Å². The van der Waals surface area contributed by atoms with Crippen LogP contribution in [-0.2, 0) is 4.79 Å². The lowest BCUT2D eigenvalue weighted by atomic mass is 10.1. The summed E-state index contributed by atoms with van der Waals surface area (Å²) >= 11 is 0. The van der Waals surface area contributed by atoms with Gasteiger partial charge in [-0.1, -0.05) is 18.2 Å². The predicted molar refractivity (Wildman–Crippen MR) is 130 cm³/mol. The Morgan fingerprint density at radius 1 is 1.06 bits per heavy atom. The summed E-state index contributed by atoms with van der Waals surface area (Å²) in [5.41, 5.74) is 2.79. The van der Waals surface area contributed by atoms with E-state index in [4.69, 9.17) is 14.2 Å². The molecule has 1 saturated heterocycles. The molecule has 1 aliphatic rings. The van der Waals surface area contributed by atoms with Gasteiger partial charge in [-0.05, 0) is 49.9 Å². The van der Waals surface area contributed by atoms with Crippen LogP contribution in [0.1, 0.15) is 34.3 Å². The summed E-state index contributed by atoms with van der Waals surface area (Å²) in [4.78, 5) is 35.2. The number of rotatable bonds is 8. The van der Waals surface area contributed by atoms with E-state index in [1.165, 1.54) is 19.6 Å². The van der Waals surface area contributed by atoms with Crippen LogP contribution in [0.3, 0.4) is 0 Å². The van der Waals surface area contributed by atoms with Crippen molar-refractivity contribution in [1.82, 2.24) is 14.9 Å². The van der Waals surface area contributed by atoms with E-state index >= 15 is 0 Å². The Hall–Kier alpha value is -4.14. The Morgan fingerprint density at radius 3 is 2.51 bits per heavy atom. The number of aromatic nitrogens is 2. The second-order valence-corrected chi connectivity index (χ2v) is 8.25. The van der Waals surface area contributed by atoms with Gasteiger partial charge in [0, 0.05) is 31.0 Å². The number of nitrogens with one attached hydrogen (secondary N) is 1. The molecule has 2 aromatic carbocycles. The van der Waals surface area contributed by atoms with Crippen molar-refractivity contribution in [1.29, 1.82) is 0 Å². The number of ether oxygens (including phenoxy) is 3. The van der Waals surface area contributed by atoms with Crippen molar-refractivity contribution in [3.8, 4) is 23.1 Å². The SMILES string of the molecule is COc1cc(OCC(=O)N2CCCC2)ccc1Oc1ncncc1C(=O)Nc1c(C)cccc1C. The van der Waals surface area contributed by atoms with Gasteiger partial charge in [-0.15, -0.1) is 0 Å². The van der Waals surface area contributed by atoms with E-state index in [2.05, 4.69) is 15.3 Å². The lowest BCUT2D eigenvalue weighted by Gasteiger charge is -2.17. The Labute approximate surface area is 204 Å². The summed E-state index contributed by atoms with van der Waals surface area (Å²) in [7, 11) is 1.50. The number of para-hydroxylation sites is 1. The standard InChI is InChI=1S/C26H28N4O5/c1-17-7-6-8-18(2)24(17)29-25(32)20-14-27-16-28-26(20)35-21-10-9-19(13-22(21)33-3)34-15-23(31)30-11-4-5-12-30/h6-10,13-14,16H,4-5,11-12,15H2,1-3H3,(H,29,32). The summed E-state index contributed by atoms with van der Waals surface area (Å²) < 4.78 is 17.1. The van der Waals surface area contributed by atoms with E-state index < -0.39 is 5.91 Å². The highest BCUT2D eigenvalue weighted by molar-refractivity contribution is 6.06. The number of amides is 2. The minimum Gasteiger partial charge on any atom is -0.493 e. The maximum Gasteiger partial charge on any atom is 0.262 e. The van der Waals surface area contributed by atoms with Crippen molar-refractivity contribution in [2.24, 2.45) is 0 Å². The molecule has 0 bridgehead atoms. The average molecular weight is 477 g/mol. The molecule has 1 N–H and O–H groups in total. The third-order valence-corrected chi connectivity index (χ3v) is 5.80. The first-order chi connectivity index (χ1) is 17.0. The number of hydrogen-bond acceptors (Lipinski definition) is 7. The van der Waals surface area contributed by atoms with Crippen molar-refractivity contribution >= 4 is 17.5 Å². The zero-order valence-corrected chi connectivity index (χ0v) is 20.0. The fraction of sp³-hybridized carbons (Fsp3) is 0.308. The number of anilines is 1. The van der Waals surface area contributed by atoms with Gasteiger partial charge >= 0.3 is 0 Å². The molecule has 1 aliphatic heterocycles. The lowest BCUT2D eigenvalue weighted by Crippen LogP contribution is -2.32. The number of hydrogen-bond donors (Lipinski definition) is 1. The molecule has 0 aliphatic carbocycles. The summed E-state index contributed by atoms with van der Waals surface area (Å²) in [5, 5.41) is 2.92. The highest BCUT2D eigenvalue weighted by Gasteiger charge is 2.20. The minimum absolute atomic E-state index is 0.0395. The molecular weight excluding hydrogens is 448 g/mol. The van der Waals surface area contributed by atoms with Crippen LogP contribution in [-0.4, -0.2) is 53.5 Å². The molecular formula is C26H28N4O5. The third kappa shape index (κ3) is 5.68. The van der Waals surface area contributed by atoms with Gasteiger partial charge in [0.15, 0.2) is 18.1 Å². The number of carbonyl (C=O) groups is 2. The van der Waals surface area contributed by atoms with Crippen LogP contribution in [0, 0.1) is 13.8 Å². The average Bonchev–Trinajstić information content (AvgIpc) is 3.41. The molecule has 182 valence electrons. The van der Waals surface area contributed by atoms with Crippen molar-refractivity contribution in [3.63, 3.8) is 0 Å². The molecule has 9 nitrogen and oxygen atoms in total. The van der Waals surface area contributed by atoms with E-state index in [0.29, 0.717) is 17.2 Å². The molecule has 3 aromatic rings. The van der Waals surface area contributed by atoms with Crippen LogP contribution in [0.4, 0.5) is 5.69 Å². The summed E-state index contributed by atoms with van der Waals surface area (Å²) in [6, 6.07) is 10.7. The van der Waals surface area contributed by atoms with E-state index in [1.807, 2.05) is 32.0 Å². The maximum absolute atomic E-state index is 13.0. The Morgan fingerprint density at radius 2 is 1.80 bits per heavy atom. The second kappa shape index (κ2) is 10.9. The van der Waals surface area contributed by atoms with Crippen LogP contribution < -0.4 is 19.5 Å². The first-order valence-electron chi connectivity index (χ1n) is 11.4. The number of benzene rings is 2. The van der Waals surface area contributed by atoms with E-state index in [0.717, 1.165) is 42.7 Å². The fourth-order valence-corrected chi connectivity index (χ4v) is 3.88. The topological polar surface area (TPSA) is 103 Å². The molecule has 2 heterocycles.